The van der Waals surface area contributed by atoms with Gasteiger partial charge in [-0.15, -0.1) is 0 Å². The average molecular weight is 383 g/mol. The van der Waals surface area contributed by atoms with Gasteiger partial charge < -0.3 is 15.5 Å². The van der Waals surface area contributed by atoms with Crippen LogP contribution in [0.15, 0.2) is 53.7 Å². The molecule has 1 aromatic carbocycles. The van der Waals surface area contributed by atoms with Crippen molar-refractivity contribution in [3.05, 3.63) is 59.8 Å². The summed E-state index contributed by atoms with van der Waals surface area (Å²) < 4.78 is 0. The molecule has 6 nitrogen and oxygen atoms in total. The third-order valence-electron chi connectivity index (χ3n) is 4.83. The maximum atomic E-state index is 4.35. The zero-order valence-electron chi connectivity index (χ0n) is 17.8. The maximum Gasteiger partial charge on any atom is 0.191 e. The standard InChI is InChI=1S/C22H34N6/c1-18(28(5)17-19-9-7-6-8-10-19)11-13-25-22(23-2)26-16-20-12-14-24-21(15-20)27(3)4/h6-10,12,14-15,18H,11,13,16-17H2,1-5H3,(H2,23,25,26). The van der Waals surface area contributed by atoms with E-state index in [1.807, 2.05) is 31.3 Å². The number of nitrogens with one attached hydrogen (secondary N) is 2. The summed E-state index contributed by atoms with van der Waals surface area (Å²) in [6.45, 7) is 4.82. The Hall–Kier alpha value is -2.60. The second-order valence-corrected chi connectivity index (χ2v) is 7.31. The predicted molar refractivity (Wildman–Crippen MR) is 119 cm³/mol. The van der Waals surface area contributed by atoms with Gasteiger partial charge >= 0.3 is 0 Å². The number of hydrogen-bond donors (Lipinski definition) is 2. The van der Waals surface area contributed by atoms with Gasteiger partial charge in [-0.25, -0.2) is 4.98 Å². The van der Waals surface area contributed by atoms with Crippen molar-refractivity contribution in [2.24, 2.45) is 4.99 Å². The minimum absolute atomic E-state index is 0.480. The van der Waals surface area contributed by atoms with Crippen LogP contribution < -0.4 is 15.5 Å². The molecule has 1 heterocycles. The van der Waals surface area contributed by atoms with Crippen LogP contribution in [-0.2, 0) is 13.1 Å². The topological polar surface area (TPSA) is 55.8 Å². The molecule has 1 atom stereocenters. The first kappa shape index (κ1) is 21.7. The van der Waals surface area contributed by atoms with Crippen LogP contribution in [0.25, 0.3) is 0 Å². The molecule has 0 fully saturated rings. The number of nitrogens with zero attached hydrogens (tertiary/aromatic N) is 4. The minimum atomic E-state index is 0.480. The maximum absolute atomic E-state index is 4.35. The Kier molecular flexibility index (Phi) is 8.75. The van der Waals surface area contributed by atoms with E-state index in [0.29, 0.717) is 12.6 Å². The van der Waals surface area contributed by atoms with Crippen LogP contribution >= 0.6 is 0 Å². The number of rotatable bonds is 9. The average Bonchev–Trinajstić information content (AvgIpc) is 2.71. The van der Waals surface area contributed by atoms with Gasteiger partial charge in [0.1, 0.15) is 5.82 Å². The molecule has 0 aliphatic rings. The lowest BCUT2D eigenvalue weighted by Gasteiger charge is -2.25. The van der Waals surface area contributed by atoms with E-state index in [2.05, 4.69) is 75.9 Å². The Bertz CT molecular complexity index is 729. The van der Waals surface area contributed by atoms with Gasteiger partial charge in [0, 0.05) is 53.0 Å². The van der Waals surface area contributed by atoms with Crippen molar-refractivity contribution < 1.29 is 0 Å². The summed E-state index contributed by atoms with van der Waals surface area (Å²) in [7, 11) is 7.97. The molecule has 0 spiro atoms. The summed E-state index contributed by atoms with van der Waals surface area (Å²) in [5.74, 6) is 1.78. The fourth-order valence-corrected chi connectivity index (χ4v) is 2.87. The Morgan fingerprint density at radius 3 is 2.50 bits per heavy atom. The van der Waals surface area contributed by atoms with Gasteiger partial charge in [0.2, 0.25) is 0 Å². The number of pyridine rings is 1. The van der Waals surface area contributed by atoms with Gasteiger partial charge in [-0.05, 0) is 43.7 Å². The summed E-state index contributed by atoms with van der Waals surface area (Å²) in [5, 5.41) is 6.79. The van der Waals surface area contributed by atoms with Crippen molar-refractivity contribution in [2.75, 3.05) is 39.6 Å². The van der Waals surface area contributed by atoms with E-state index in [0.717, 1.165) is 31.3 Å². The lowest BCUT2D eigenvalue weighted by Crippen LogP contribution is -2.39. The van der Waals surface area contributed by atoms with Crippen molar-refractivity contribution >= 4 is 11.8 Å². The summed E-state index contributed by atoms with van der Waals surface area (Å²) in [5.41, 5.74) is 2.52. The van der Waals surface area contributed by atoms with Crippen LogP contribution in [0.5, 0.6) is 0 Å². The van der Waals surface area contributed by atoms with Crippen molar-refractivity contribution in [1.82, 2.24) is 20.5 Å². The fraction of sp³-hybridized carbons (Fsp3) is 0.455. The highest BCUT2D eigenvalue weighted by Gasteiger charge is 2.10. The second kappa shape index (κ2) is 11.3. The summed E-state index contributed by atoms with van der Waals surface area (Å²) in [6.07, 6.45) is 2.89. The Morgan fingerprint density at radius 1 is 1.07 bits per heavy atom. The first-order valence-electron chi connectivity index (χ1n) is 9.80. The van der Waals surface area contributed by atoms with E-state index in [1.165, 1.54) is 11.1 Å². The molecule has 0 saturated carbocycles. The number of benzene rings is 1. The molecular formula is C22H34N6. The first-order chi connectivity index (χ1) is 13.5. The Balaban J connectivity index is 1.73. The number of aliphatic imine (C=N–C) groups is 1. The molecule has 0 aliphatic carbocycles. The van der Waals surface area contributed by atoms with Crippen molar-refractivity contribution in [3.8, 4) is 0 Å². The Morgan fingerprint density at radius 2 is 1.82 bits per heavy atom. The third kappa shape index (κ3) is 7.19. The van der Waals surface area contributed by atoms with Crippen LogP contribution in [0.3, 0.4) is 0 Å². The van der Waals surface area contributed by atoms with E-state index in [1.54, 1.807) is 7.05 Å². The zero-order valence-corrected chi connectivity index (χ0v) is 17.8. The molecule has 0 aliphatic heterocycles. The molecule has 0 amide bonds. The second-order valence-electron chi connectivity index (χ2n) is 7.31. The molecule has 2 rings (SSSR count). The van der Waals surface area contributed by atoms with Crippen LogP contribution in [-0.4, -0.2) is 56.6 Å². The Labute approximate surface area is 169 Å². The smallest absolute Gasteiger partial charge is 0.191 e. The predicted octanol–water partition coefficient (Wildman–Crippen LogP) is 2.72. The first-order valence-corrected chi connectivity index (χ1v) is 9.80. The van der Waals surface area contributed by atoms with Crippen molar-refractivity contribution in [1.29, 1.82) is 0 Å². The molecule has 28 heavy (non-hydrogen) atoms. The molecular weight excluding hydrogens is 348 g/mol. The van der Waals surface area contributed by atoms with Gasteiger partial charge in [-0.2, -0.15) is 0 Å². The number of aromatic nitrogens is 1. The van der Waals surface area contributed by atoms with Crippen LogP contribution in [0, 0.1) is 0 Å². The number of hydrogen-bond acceptors (Lipinski definition) is 4. The monoisotopic (exact) mass is 382 g/mol. The molecule has 1 aromatic heterocycles. The SMILES string of the molecule is CN=C(NCCC(C)N(C)Cc1ccccc1)NCc1ccnc(N(C)C)c1. The molecule has 0 saturated heterocycles. The van der Waals surface area contributed by atoms with E-state index >= 15 is 0 Å². The van der Waals surface area contributed by atoms with Gasteiger partial charge in [0.25, 0.3) is 0 Å². The molecule has 152 valence electrons. The fourth-order valence-electron chi connectivity index (χ4n) is 2.87. The highest BCUT2D eigenvalue weighted by atomic mass is 15.2. The largest absolute Gasteiger partial charge is 0.363 e. The molecule has 2 aromatic rings. The van der Waals surface area contributed by atoms with E-state index < -0.39 is 0 Å². The lowest BCUT2D eigenvalue weighted by atomic mass is 10.1. The molecule has 0 radical (unpaired) electrons. The number of guanidine groups is 1. The lowest BCUT2D eigenvalue weighted by molar-refractivity contribution is 0.238. The van der Waals surface area contributed by atoms with Gasteiger partial charge in [-0.3, -0.25) is 9.89 Å². The van der Waals surface area contributed by atoms with E-state index in [-0.39, 0.29) is 0 Å². The van der Waals surface area contributed by atoms with Crippen LogP contribution in [0.1, 0.15) is 24.5 Å². The van der Waals surface area contributed by atoms with Gasteiger partial charge in [-0.1, -0.05) is 30.3 Å². The molecule has 2 N–H and O–H groups in total. The number of anilines is 1. The van der Waals surface area contributed by atoms with Gasteiger partial charge in [0.15, 0.2) is 5.96 Å². The van der Waals surface area contributed by atoms with E-state index in [9.17, 15) is 0 Å². The van der Waals surface area contributed by atoms with Crippen molar-refractivity contribution in [3.63, 3.8) is 0 Å². The van der Waals surface area contributed by atoms with Crippen molar-refractivity contribution in [2.45, 2.75) is 32.5 Å². The highest BCUT2D eigenvalue weighted by molar-refractivity contribution is 5.79. The normalized spacial score (nSPS) is 12.7. The summed E-state index contributed by atoms with van der Waals surface area (Å²) in [4.78, 5) is 13.1. The molecule has 6 heteroatoms. The third-order valence-corrected chi connectivity index (χ3v) is 4.83. The van der Waals surface area contributed by atoms with Crippen LogP contribution in [0.2, 0.25) is 0 Å². The van der Waals surface area contributed by atoms with E-state index in [4.69, 9.17) is 0 Å². The summed E-state index contributed by atoms with van der Waals surface area (Å²) in [6, 6.07) is 15.2. The molecule has 1 unspecified atom stereocenters. The summed E-state index contributed by atoms with van der Waals surface area (Å²) >= 11 is 0. The van der Waals surface area contributed by atoms with Gasteiger partial charge in [0.05, 0.1) is 0 Å². The zero-order chi connectivity index (χ0) is 20.4. The van der Waals surface area contributed by atoms with Crippen LogP contribution in [0.4, 0.5) is 5.82 Å². The quantitative estimate of drug-likeness (QED) is 0.516. The minimum Gasteiger partial charge on any atom is -0.363 e. The molecule has 0 bridgehead atoms. The highest BCUT2D eigenvalue weighted by Crippen LogP contribution is 2.09.